The van der Waals surface area contributed by atoms with Crippen molar-refractivity contribution in [2.45, 2.75) is 26.9 Å². The van der Waals surface area contributed by atoms with E-state index < -0.39 is 0 Å². The summed E-state index contributed by atoms with van der Waals surface area (Å²) in [5.41, 5.74) is 1.95. The molecule has 2 aromatic rings. The lowest BCUT2D eigenvalue weighted by atomic mass is 10.2. The zero-order valence-electron chi connectivity index (χ0n) is 15.2. The topological polar surface area (TPSA) is 64.6 Å². The van der Waals surface area contributed by atoms with Crippen LogP contribution in [0.4, 0.5) is 5.69 Å². The van der Waals surface area contributed by atoms with Crippen LogP contribution < -0.4 is 10.1 Å². The van der Waals surface area contributed by atoms with Gasteiger partial charge in [-0.05, 0) is 68.8 Å². The molecule has 5 heteroatoms. The van der Waals surface area contributed by atoms with Crippen molar-refractivity contribution in [1.82, 2.24) is 0 Å². The Morgan fingerprint density at radius 1 is 1.04 bits per heavy atom. The quantitative estimate of drug-likeness (QED) is 0.595. The van der Waals surface area contributed by atoms with E-state index >= 15 is 0 Å². The van der Waals surface area contributed by atoms with E-state index in [1.54, 1.807) is 44.2 Å². The molecule has 0 atom stereocenters. The monoisotopic (exact) mass is 353 g/mol. The van der Waals surface area contributed by atoms with E-state index in [2.05, 4.69) is 5.32 Å². The molecule has 0 fully saturated rings. The number of carbonyl (C=O) groups excluding carboxylic acids is 2. The highest BCUT2D eigenvalue weighted by Gasteiger charge is 2.09. The van der Waals surface area contributed by atoms with Gasteiger partial charge in [0.15, 0.2) is 0 Å². The Balaban J connectivity index is 1.91. The number of esters is 1. The second-order valence-corrected chi connectivity index (χ2v) is 5.86. The molecule has 0 heterocycles. The fraction of sp³-hybridized carbons (Fsp3) is 0.238. The number of hydrogen-bond acceptors (Lipinski definition) is 4. The Hall–Kier alpha value is -3.08. The molecule has 2 aromatic carbocycles. The molecule has 1 amide bonds. The first-order chi connectivity index (χ1) is 12.5. The van der Waals surface area contributed by atoms with Gasteiger partial charge in [-0.15, -0.1) is 0 Å². The molecular formula is C21H23NO4. The molecule has 136 valence electrons. The number of carbonyl (C=O) groups is 2. The Bertz CT molecular complexity index is 762. The van der Waals surface area contributed by atoms with E-state index in [0.717, 1.165) is 11.3 Å². The zero-order valence-corrected chi connectivity index (χ0v) is 15.2. The third kappa shape index (κ3) is 6.09. The van der Waals surface area contributed by atoms with Gasteiger partial charge in [0.05, 0.1) is 18.3 Å². The summed E-state index contributed by atoms with van der Waals surface area (Å²) in [7, 11) is 0. The van der Waals surface area contributed by atoms with E-state index in [1.165, 1.54) is 6.08 Å². The molecule has 0 unspecified atom stereocenters. The van der Waals surface area contributed by atoms with Gasteiger partial charge >= 0.3 is 5.97 Å². The Morgan fingerprint density at radius 3 is 2.27 bits per heavy atom. The van der Waals surface area contributed by atoms with Crippen molar-refractivity contribution < 1.29 is 19.1 Å². The fourth-order valence-corrected chi connectivity index (χ4v) is 2.17. The minimum Gasteiger partial charge on any atom is -0.494 e. The molecule has 0 bridgehead atoms. The van der Waals surface area contributed by atoms with Crippen molar-refractivity contribution >= 4 is 23.6 Å². The van der Waals surface area contributed by atoms with Crippen molar-refractivity contribution in [3.05, 3.63) is 65.7 Å². The molecule has 26 heavy (non-hydrogen) atoms. The van der Waals surface area contributed by atoms with Crippen molar-refractivity contribution in [3.63, 3.8) is 0 Å². The van der Waals surface area contributed by atoms with Crippen LogP contribution >= 0.6 is 0 Å². The molecule has 5 nitrogen and oxygen atoms in total. The average Bonchev–Trinajstić information content (AvgIpc) is 2.61. The van der Waals surface area contributed by atoms with E-state index in [1.807, 2.05) is 31.2 Å². The number of nitrogens with one attached hydrogen (secondary N) is 1. The summed E-state index contributed by atoms with van der Waals surface area (Å²) in [5.74, 6) is 0.162. The highest BCUT2D eigenvalue weighted by Crippen LogP contribution is 2.14. The number of ether oxygens (including phenoxy) is 2. The van der Waals surface area contributed by atoms with Crippen molar-refractivity contribution in [2.75, 3.05) is 11.9 Å². The molecule has 0 aromatic heterocycles. The summed E-state index contributed by atoms with van der Waals surface area (Å²) in [4.78, 5) is 23.8. The largest absolute Gasteiger partial charge is 0.494 e. The lowest BCUT2D eigenvalue weighted by Crippen LogP contribution is -2.12. The predicted octanol–water partition coefficient (Wildman–Crippen LogP) is 4.30. The normalized spacial score (nSPS) is 10.8. The van der Waals surface area contributed by atoms with Gasteiger partial charge in [-0.1, -0.05) is 12.1 Å². The number of amides is 1. The molecule has 2 rings (SSSR count). The molecule has 0 saturated heterocycles. The SMILES string of the molecule is CCOc1ccc(C=CC(=O)Nc2ccc(C(=O)OC(C)C)cc2)cc1. The predicted molar refractivity (Wildman–Crippen MR) is 102 cm³/mol. The van der Waals surface area contributed by atoms with Gasteiger partial charge in [-0.2, -0.15) is 0 Å². The van der Waals surface area contributed by atoms with Gasteiger partial charge in [-0.3, -0.25) is 4.79 Å². The fourth-order valence-electron chi connectivity index (χ4n) is 2.17. The summed E-state index contributed by atoms with van der Waals surface area (Å²) in [6.45, 7) is 6.13. The molecule has 1 N–H and O–H groups in total. The maximum atomic E-state index is 12.0. The number of anilines is 1. The first-order valence-electron chi connectivity index (χ1n) is 8.51. The third-order valence-electron chi connectivity index (χ3n) is 3.35. The maximum Gasteiger partial charge on any atom is 0.338 e. The highest BCUT2D eigenvalue weighted by molar-refractivity contribution is 6.02. The Morgan fingerprint density at radius 2 is 1.69 bits per heavy atom. The first-order valence-corrected chi connectivity index (χ1v) is 8.51. The van der Waals surface area contributed by atoms with Crippen LogP contribution in [0, 0.1) is 0 Å². The second kappa shape index (κ2) is 9.42. The molecule has 0 aliphatic carbocycles. The molecule has 0 aliphatic rings. The van der Waals surface area contributed by atoms with Crippen LogP contribution in [0.15, 0.2) is 54.6 Å². The highest BCUT2D eigenvalue weighted by atomic mass is 16.5. The molecule has 0 spiro atoms. The van der Waals surface area contributed by atoms with Crippen LogP contribution in [0.1, 0.15) is 36.7 Å². The number of rotatable bonds is 7. The van der Waals surface area contributed by atoms with Crippen molar-refractivity contribution in [1.29, 1.82) is 0 Å². The summed E-state index contributed by atoms with van der Waals surface area (Å²) >= 11 is 0. The van der Waals surface area contributed by atoms with E-state index in [9.17, 15) is 9.59 Å². The van der Waals surface area contributed by atoms with Crippen LogP contribution in [0.25, 0.3) is 6.08 Å². The van der Waals surface area contributed by atoms with Crippen LogP contribution in [0.3, 0.4) is 0 Å². The summed E-state index contributed by atoms with van der Waals surface area (Å²) in [6, 6.07) is 14.0. The summed E-state index contributed by atoms with van der Waals surface area (Å²) < 4.78 is 10.5. The second-order valence-electron chi connectivity index (χ2n) is 5.86. The summed E-state index contributed by atoms with van der Waals surface area (Å²) in [6.07, 6.45) is 3.00. The van der Waals surface area contributed by atoms with E-state index in [0.29, 0.717) is 17.9 Å². The molecule has 0 radical (unpaired) electrons. The lowest BCUT2D eigenvalue weighted by Gasteiger charge is -2.08. The van der Waals surface area contributed by atoms with Crippen LogP contribution in [0.2, 0.25) is 0 Å². The Kier molecular flexibility index (Phi) is 6.97. The van der Waals surface area contributed by atoms with E-state index in [4.69, 9.17) is 9.47 Å². The number of benzene rings is 2. The van der Waals surface area contributed by atoms with Crippen LogP contribution in [-0.4, -0.2) is 24.6 Å². The smallest absolute Gasteiger partial charge is 0.338 e. The minimum absolute atomic E-state index is 0.172. The lowest BCUT2D eigenvalue weighted by molar-refractivity contribution is -0.111. The third-order valence-corrected chi connectivity index (χ3v) is 3.35. The van der Waals surface area contributed by atoms with Crippen LogP contribution in [-0.2, 0) is 9.53 Å². The Labute approximate surface area is 153 Å². The zero-order chi connectivity index (χ0) is 18.9. The molecule has 0 aliphatic heterocycles. The molecule has 0 saturated carbocycles. The van der Waals surface area contributed by atoms with Crippen molar-refractivity contribution in [3.8, 4) is 5.75 Å². The van der Waals surface area contributed by atoms with Crippen molar-refractivity contribution in [2.24, 2.45) is 0 Å². The van der Waals surface area contributed by atoms with E-state index in [-0.39, 0.29) is 18.0 Å². The summed E-state index contributed by atoms with van der Waals surface area (Å²) in [5, 5.41) is 2.75. The average molecular weight is 353 g/mol. The van der Waals surface area contributed by atoms with Gasteiger partial charge in [-0.25, -0.2) is 4.79 Å². The maximum absolute atomic E-state index is 12.0. The minimum atomic E-state index is -0.381. The molecular weight excluding hydrogens is 330 g/mol. The standard InChI is InChI=1S/C21H23NO4/c1-4-25-19-12-5-16(6-13-19)7-14-20(23)22-18-10-8-17(9-11-18)21(24)26-15(2)3/h5-15H,4H2,1-3H3,(H,22,23). The van der Waals surface area contributed by atoms with Gasteiger partial charge in [0, 0.05) is 11.8 Å². The van der Waals surface area contributed by atoms with Gasteiger partial charge in [0.25, 0.3) is 0 Å². The first kappa shape index (κ1) is 19.2. The van der Waals surface area contributed by atoms with Gasteiger partial charge in [0.2, 0.25) is 5.91 Å². The number of hydrogen-bond donors (Lipinski definition) is 1. The van der Waals surface area contributed by atoms with Gasteiger partial charge in [0.1, 0.15) is 5.75 Å². The van der Waals surface area contributed by atoms with Crippen LogP contribution in [0.5, 0.6) is 5.75 Å². The van der Waals surface area contributed by atoms with Gasteiger partial charge < -0.3 is 14.8 Å².